The Bertz CT molecular complexity index is 1420. The van der Waals surface area contributed by atoms with Gasteiger partial charge in [0.15, 0.2) is 11.5 Å². The number of hydrogen-bond donors (Lipinski definition) is 7. The molecule has 0 aromatic rings. The first-order valence-electron chi connectivity index (χ1n) is 16.2. The predicted octanol–water partition coefficient (Wildman–Crippen LogP) is -3.17. The molecular formula is C32H44O17. The number of allylic oxidation sites excluding steroid dienone is 2. The summed E-state index contributed by atoms with van der Waals surface area (Å²) in [6, 6.07) is 0. The van der Waals surface area contributed by atoms with E-state index in [1.807, 2.05) is 0 Å². The standard InChI is InChI=1S/C32H44O17/c1-11-12-6-15-31-10-45-32(28(42)44-5,24(31)22(26(41)48-15)49-16(34)8-29(2,3)43)25(40)21(39)23(31)30(12,4)7-13(17(11)35)46-27-20(38)19(37)18(36)14(9-33)47-27/h7,11-12,14-15,18-25,27,33,36-40,43H,6,8-10H2,1-5H3/t11?,12?,14-,15-,18-,19+,20-,21-,22-,23?,24-,25?,27-,30+,31-,32+/m1/s1. The predicted molar refractivity (Wildman–Crippen MR) is 156 cm³/mol. The molecule has 2 bridgehead atoms. The number of esters is 3. The first-order valence-corrected chi connectivity index (χ1v) is 16.2. The van der Waals surface area contributed by atoms with Crippen LogP contribution in [-0.2, 0) is 47.6 Å². The zero-order chi connectivity index (χ0) is 36.2. The van der Waals surface area contributed by atoms with E-state index in [-0.39, 0.29) is 18.8 Å². The van der Waals surface area contributed by atoms with Crippen LogP contribution in [0.25, 0.3) is 0 Å². The molecule has 4 unspecified atom stereocenters. The Balaban J connectivity index is 1.47. The van der Waals surface area contributed by atoms with Gasteiger partial charge < -0.3 is 64.2 Å². The van der Waals surface area contributed by atoms with Gasteiger partial charge in [0, 0.05) is 17.3 Å². The first-order chi connectivity index (χ1) is 22.8. The molecule has 17 nitrogen and oxygen atoms in total. The number of aliphatic hydroxyl groups excluding tert-OH is 6. The number of methoxy groups -OCH3 is 1. The molecule has 49 heavy (non-hydrogen) atoms. The van der Waals surface area contributed by atoms with Gasteiger partial charge in [0.05, 0.1) is 44.4 Å². The second-order valence-electron chi connectivity index (χ2n) is 15.1. The molecular weight excluding hydrogens is 656 g/mol. The summed E-state index contributed by atoms with van der Waals surface area (Å²) in [4.78, 5) is 54.1. The third-order valence-corrected chi connectivity index (χ3v) is 11.7. The second kappa shape index (κ2) is 11.9. The number of fused-ring (bicyclic) bond motifs is 2. The van der Waals surface area contributed by atoms with Gasteiger partial charge >= 0.3 is 17.9 Å². The van der Waals surface area contributed by atoms with Crippen molar-refractivity contribution in [2.75, 3.05) is 20.3 Å². The molecule has 6 rings (SSSR count). The Morgan fingerprint density at radius 1 is 1.04 bits per heavy atom. The van der Waals surface area contributed by atoms with Crippen molar-refractivity contribution in [3.63, 3.8) is 0 Å². The maximum atomic E-state index is 13.8. The number of ether oxygens (including phenoxy) is 6. The van der Waals surface area contributed by atoms with Crippen molar-refractivity contribution in [1.29, 1.82) is 0 Å². The second-order valence-corrected chi connectivity index (χ2v) is 15.1. The van der Waals surface area contributed by atoms with Gasteiger partial charge in [0.2, 0.25) is 18.0 Å². The third-order valence-electron chi connectivity index (χ3n) is 11.7. The van der Waals surface area contributed by atoms with Crippen molar-refractivity contribution >= 4 is 23.7 Å². The molecule has 0 aromatic heterocycles. The van der Waals surface area contributed by atoms with E-state index >= 15 is 0 Å². The number of aliphatic hydroxyl groups is 7. The Morgan fingerprint density at radius 2 is 1.71 bits per heavy atom. The lowest BCUT2D eigenvalue weighted by molar-refractivity contribution is -0.296. The van der Waals surface area contributed by atoms with Gasteiger partial charge in [-0.1, -0.05) is 13.8 Å². The number of carbonyl (C=O) groups excluding carboxylic acids is 4. The van der Waals surface area contributed by atoms with E-state index < -0.39 is 138 Å². The van der Waals surface area contributed by atoms with Crippen LogP contribution in [0, 0.1) is 34.5 Å². The molecule has 3 saturated heterocycles. The van der Waals surface area contributed by atoms with Crippen LogP contribution < -0.4 is 0 Å². The minimum Gasteiger partial charge on any atom is -0.467 e. The van der Waals surface area contributed by atoms with Gasteiger partial charge in [-0.15, -0.1) is 0 Å². The van der Waals surface area contributed by atoms with Gasteiger partial charge in [-0.25, -0.2) is 9.59 Å². The summed E-state index contributed by atoms with van der Waals surface area (Å²) in [6.07, 6.45) is -14.2. The molecule has 0 radical (unpaired) electrons. The quantitative estimate of drug-likeness (QED) is 0.102. The highest BCUT2D eigenvalue weighted by Crippen LogP contribution is 2.72. The Kier molecular flexibility index (Phi) is 8.77. The van der Waals surface area contributed by atoms with Crippen LogP contribution in [-0.4, -0.2) is 146 Å². The molecule has 7 N–H and O–H groups in total. The van der Waals surface area contributed by atoms with E-state index in [0.29, 0.717) is 0 Å². The van der Waals surface area contributed by atoms with E-state index in [2.05, 4.69) is 0 Å². The zero-order valence-corrected chi connectivity index (χ0v) is 27.6. The molecule has 3 aliphatic carbocycles. The van der Waals surface area contributed by atoms with Gasteiger partial charge in [-0.2, -0.15) is 0 Å². The van der Waals surface area contributed by atoms with Crippen LogP contribution in [0.15, 0.2) is 11.8 Å². The summed E-state index contributed by atoms with van der Waals surface area (Å²) in [5.41, 5.74) is -6.75. The van der Waals surface area contributed by atoms with Crippen molar-refractivity contribution in [2.24, 2.45) is 34.5 Å². The number of carbonyl (C=O) groups is 4. The fourth-order valence-electron chi connectivity index (χ4n) is 9.71. The maximum Gasteiger partial charge on any atom is 0.348 e. The van der Waals surface area contributed by atoms with Crippen molar-refractivity contribution in [3.8, 4) is 0 Å². The van der Waals surface area contributed by atoms with Crippen molar-refractivity contribution in [2.45, 2.75) is 107 Å². The Labute approximate surface area is 280 Å². The fraction of sp³-hybridized carbons (Fsp3) is 0.812. The zero-order valence-electron chi connectivity index (χ0n) is 27.6. The normalized spacial score (nSPS) is 48.8. The van der Waals surface area contributed by atoms with Gasteiger partial charge in [0.1, 0.15) is 36.6 Å². The highest BCUT2D eigenvalue weighted by molar-refractivity contribution is 5.96. The van der Waals surface area contributed by atoms with Gasteiger partial charge in [0.25, 0.3) is 0 Å². The fourth-order valence-corrected chi connectivity index (χ4v) is 9.71. The highest BCUT2D eigenvalue weighted by atomic mass is 16.7. The largest absolute Gasteiger partial charge is 0.467 e. The van der Waals surface area contributed by atoms with Gasteiger partial charge in [-0.05, 0) is 37.7 Å². The average Bonchev–Trinajstić information content (AvgIpc) is 3.33. The topological polar surface area (TPSA) is 265 Å². The number of Topliss-reactive ketones (excluding diaryl/α,β-unsaturated/α-hetero) is 1. The molecule has 0 aromatic carbocycles. The van der Waals surface area contributed by atoms with E-state index in [0.717, 1.165) is 7.11 Å². The minimum atomic E-state index is -2.39. The Morgan fingerprint density at radius 3 is 2.33 bits per heavy atom. The number of hydrogen-bond acceptors (Lipinski definition) is 17. The smallest absolute Gasteiger partial charge is 0.348 e. The molecule has 1 spiro atoms. The summed E-state index contributed by atoms with van der Waals surface area (Å²) in [7, 11) is 1.03. The van der Waals surface area contributed by atoms with Crippen molar-refractivity contribution in [3.05, 3.63) is 11.8 Å². The lowest BCUT2D eigenvalue weighted by Gasteiger charge is -2.67. The van der Waals surface area contributed by atoms with Gasteiger partial charge in [-0.3, -0.25) is 9.59 Å². The Hall–Kier alpha value is -2.74. The summed E-state index contributed by atoms with van der Waals surface area (Å²) in [5, 5.41) is 74.9. The summed E-state index contributed by atoms with van der Waals surface area (Å²) in [5.74, 6) is -8.25. The van der Waals surface area contributed by atoms with Crippen LogP contribution in [0.4, 0.5) is 0 Å². The number of ketones is 1. The molecule has 0 amide bonds. The molecule has 5 fully saturated rings. The monoisotopic (exact) mass is 700 g/mol. The lowest BCUT2D eigenvalue weighted by atomic mass is 9.38. The molecule has 6 aliphatic rings. The maximum absolute atomic E-state index is 13.8. The molecule has 16 atom stereocenters. The molecule has 3 heterocycles. The highest BCUT2D eigenvalue weighted by Gasteiger charge is 2.85. The average molecular weight is 701 g/mol. The molecule has 3 aliphatic heterocycles. The summed E-state index contributed by atoms with van der Waals surface area (Å²) < 4.78 is 34.0. The number of rotatable bonds is 7. The van der Waals surface area contributed by atoms with Crippen molar-refractivity contribution in [1.82, 2.24) is 0 Å². The minimum absolute atomic E-state index is 0.0136. The van der Waals surface area contributed by atoms with E-state index in [1.54, 1.807) is 13.8 Å². The van der Waals surface area contributed by atoms with Crippen LogP contribution in [0.1, 0.15) is 40.5 Å². The molecule has 2 saturated carbocycles. The van der Waals surface area contributed by atoms with E-state index in [4.69, 9.17) is 28.4 Å². The first kappa shape index (κ1) is 36.1. The third kappa shape index (κ3) is 4.99. The summed E-state index contributed by atoms with van der Waals surface area (Å²) in [6.45, 7) is 4.87. The summed E-state index contributed by atoms with van der Waals surface area (Å²) >= 11 is 0. The molecule has 17 heteroatoms. The van der Waals surface area contributed by atoms with Crippen LogP contribution in [0.5, 0.6) is 0 Å². The SMILES string of the molecule is COC(=O)[C@@]12OC[C@]34C([C@@H](O)C1O)[C@@]1(C)C=C(O[C@@H]5O[C@H](CO)[C@@H](O)[C@H](O)[C@H]5O)C(=O)C(C)C1C[C@H]3OC(=O)[C@H](OC(=O)CC(C)(C)O)[C@H]42. The van der Waals surface area contributed by atoms with Crippen LogP contribution >= 0.6 is 0 Å². The van der Waals surface area contributed by atoms with E-state index in [9.17, 15) is 54.9 Å². The lowest BCUT2D eigenvalue weighted by Crippen LogP contribution is -2.79. The molecule has 274 valence electrons. The van der Waals surface area contributed by atoms with Crippen molar-refractivity contribution < 1.29 is 83.3 Å². The van der Waals surface area contributed by atoms with Crippen LogP contribution in [0.2, 0.25) is 0 Å². The van der Waals surface area contributed by atoms with Crippen LogP contribution in [0.3, 0.4) is 0 Å². The van der Waals surface area contributed by atoms with E-state index in [1.165, 1.54) is 19.9 Å².